The third-order valence-electron chi connectivity index (χ3n) is 5.31. The first-order valence-electron chi connectivity index (χ1n) is 9.98. The molecule has 0 saturated carbocycles. The van der Waals surface area contributed by atoms with Gasteiger partial charge in [0.05, 0.1) is 19.8 Å². The topological polar surface area (TPSA) is 71.1 Å². The molecule has 166 valence electrons. The summed E-state index contributed by atoms with van der Waals surface area (Å²) in [6, 6.07) is 8.60. The van der Waals surface area contributed by atoms with E-state index in [4.69, 9.17) is 21.7 Å². The van der Waals surface area contributed by atoms with Crippen LogP contribution in [-0.4, -0.2) is 67.2 Å². The lowest BCUT2D eigenvalue weighted by Gasteiger charge is -2.36. The van der Waals surface area contributed by atoms with Gasteiger partial charge in [-0.2, -0.15) is 0 Å². The Bertz CT molecular complexity index is 964. The molecule has 1 saturated heterocycles. The predicted octanol–water partition coefficient (Wildman–Crippen LogP) is 3.45. The van der Waals surface area contributed by atoms with Crippen LogP contribution in [0.5, 0.6) is 0 Å². The van der Waals surface area contributed by atoms with Gasteiger partial charge in [0, 0.05) is 32.7 Å². The summed E-state index contributed by atoms with van der Waals surface area (Å²) < 4.78 is 9.73. The van der Waals surface area contributed by atoms with E-state index < -0.39 is 11.9 Å². The molecule has 0 atom stereocenters. The molecule has 0 bridgehead atoms. The second-order valence-electron chi connectivity index (χ2n) is 7.42. The SMILES string of the molecule is COC(=O)c1sc(NC(=S)N2CCN(Cc3ccc(C)cc3)CC2)c(C(=O)OC)c1C. The van der Waals surface area contributed by atoms with Crippen molar-refractivity contribution in [2.24, 2.45) is 0 Å². The molecule has 31 heavy (non-hydrogen) atoms. The van der Waals surface area contributed by atoms with E-state index in [0.29, 0.717) is 26.1 Å². The van der Waals surface area contributed by atoms with E-state index in [1.165, 1.54) is 25.3 Å². The van der Waals surface area contributed by atoms with Gasteiger partial charge in [-0.05, 0) is 37.2 Å². The fraction of sp³-hybridized carbons (Fsp3) is 0.409. The van der Waals surface area contributed by atoms with Gasteiger partial charge in [-0.15, -0.1) is 11.3 Å². The Labute approximate surface area is 191 Å². The van der Waals surface area contributed by atoms with E-state index in [9.17, 15) is 9.59 Å². The fourth-order valence-corrected chi connectivity index (χ4v) is 4.94. The van der Waals surface area contributed by atoms with Crippen LogP contribution in [0.1, 0.15) is 36.7 Å². The number of carbonyl (C=O) groups excluding carboxylic acids is 2. The summed E-state index contributed by atoms with van der Waals surface area (Å²) in [5, 5.41) is 4.18. The Kier molecular flexibility index (Phi) is 7.64. The maximum absolute atomic E-state index is 12.3. The number of rotatable bonds is 5. The molecule has 0 spiro atoms. The summed E-state index contributed by atoms with van der Waals surface area (Å²) in [6.45, 7) is 8.03. The molecule has 0 aliphatic carbocycles. The van der Waals surface area contributed by atoms with Crippen molar-refractivity contribution in [1.82, 2.24) is 9.80 Å². The highest BCUT2D eigenvalue weighted by Crippen LogP contribution is 2.34. The molecule has 1 fully saturated rings. The number of nitrogens with zero attached hydrogens (tertiary/aromatic N) is 2. The molecule has 9 heteroatoms. The second kappa shape index (κ2) is 10.2. The summed E-state index contributed by atoms with van der Waals surface area (Å²) in [5.74, 6) is -1.01. The van der Waals surface area contributed by atoms with Gasteiger partial charge in [0.1, 0.15) is 9.88 Å². The van der Waals surface area contributed by atoms with Gasteiger partial charge in [-0.25, -0.2) is 9.59 Å². The minimum absolute atomic E-state index is 0.313. The molecule has 3 rings (SSSR count). The van der Waals surface area contributed by atoms with Gasteiger partial charge in [0.15, 0.2) is 5.11 Å². The molecule has 1 aliphatic rings. The molecule has 7 nitrogen and oxygen atoms in total. The van der Waals surface area contributed by atoms with Crippen LogP contribution in [0.2, 0.25) is 0 Å². The van der Waals surface area contributed by atoms with Crippen LogP contribution < -0.4 is 5.32 Å². The molecule has 2 heterocycles. The lowest BCUT2D eigenvalue weighted by atomic mass is 10.1. The lowest BCUT2D eigenvalue weighted by molar-refractivity contribution is 0.0601. The zero-order chi connectivity index (χ0) is 22.5. The number of benzene rings is 1. The number of hydrogen-bond donors (Lipinski definition) is 1. The minimum atomic E-state index is -0.517. The Morgan fingerprint density at radius 2 is 1.65 bits per heavy atom. The molecule has 2 aromatic rings. The lowest BCUT2D eigenvalue weighted by Crippen LogP contribution is -2.49. The summed E-state index contributed by atoms with van der Waals surface area (Å²) in [5.41, 5.74) is 3.40. The van der Waals surface area contributed by atoms with Gasteiger partial charge in [0.2, 0.25) is 0 Å². The molecule has 0 radical (unpaired) electrons. The first-order valence-corrected chi connectivity index (χ1v) is 11.2. The molecule has 1 N–H and O–H groups in total. The molecule has 0 unspecified atom stereocenters. The summed E-state index contributed by atoms with van der Waals surface area (Å²) in [7, 11) is 2.62. The average Bonchev–Trinajstić information content (AvgIpc) is 3.10. The van der Waals surface area contributed by atoms with E-state index in [2.05, 4.69) is 46.3 Å². The number of ether oxygens (including phenoxy) is 2. The van der Waals surface area contributed by atoms with Gasteiger partial charge >= 0.3 is 11.9 Å². The number of aryl methyl sites for hydroxylation is 1. The summed E-state index contributed by atoms with van der Waals surface area (Å²) in [6.07, 6.45) is 0. The number of thiocarbonyl (C=S) groups is 1. The Balaban J connectivity index is 1.65. The quantitative estimate of drug-likeness (QED) is 0.536. The zero-order valence-corrected chi connectivity index (χ0v) is 19.8. The van der Waals surface area contributed by atoms with Gasteiger partial charge in [0.25, 0.3) is 0 Å². The standard InChI is InChI=1S/C22H27N3O4S2/c1-14-5-7-16(8-6-14)13-24-9-11-25(12-10-24)22(30)23-19-17(20(26)28-3)15(2)18(31-19)21(27)29-4/h5-8H,9-13H2,1-4H3,(H,23,30). The van der Waals surface area contributed by atoms with Crippen LogP contribution in [0.3, 0.4) is 0 Å². The van der Waals surface area contributed by atoms with Crippen molar-refractivity contribution in [2.45, 2.75) is 20.4 Å². The first-order chi connectivity index (χ1) is 14.8. The van der Waals surface area contributed by atoms with Gasteiger partial charge in [-0.3, -0.25) is 4.90 Å². The van der Waals surface area contributed by atoms with Crippen molar-refractivity contribution in [3.63, 3.8) is 0 Å². The van der Waals surface area contributed by atoms with Crippen LogP contribution in [0, 0.1) is 13.8 Å². The number of thiophene rings is 1. The molecule has 1 aromatic carbocycles. The van der Waals surface area contributed by atoms with Crippen LogP contribution in [0.15, 0.2) is 24.3 Å². The Morgan fingerprint density at radius 1 is 1.03 bits per heavy atom. The van der Waals surface area contributed by atoms with Crippen LogP contribution in [0.4, 0.5) is 5.00 Å². The number of hydrogen-bond acceptors (Lipinski definition) is 7. The van der Waals surface area contributed by atoms with E-state index in [-0.39, 0.29) is 0 Å². The fourth-order valence-electron chi connectivity index (χ4n) is 3.47. The minimum Gasteiger partial charge on any atom is -0.465 e. The van der Waals surface area contributed by atoms with Crippen LogP contribution >= 0.6 is 23.6 Å². The van der Waals surface area contributed by atoms with Crippen molar-refractivity contribution in [1.29, 1.82) is 0 Å². The number of methoxy groups -OCH3 is 2. The van der Waals surface area contributed by atoms with E-state index in [1.807, 2.05) is 0 Å². The third kappa shape index (κ3) is 5.41. The monoisotopic (exact) mass is 461 g/mol. The van der Waals surface area contributed by atoms with E-state index >= 15 is 0 Å². The third-order valence-corrected chi connectivity index (χ3v) is 6.86. The van der Waals surface area contributed by atoms with Crippen LogP contribution in [-0.2, 0) is 16.0 Å². The van der Waals surface area contributed by atoms with Gasteiger partial charge < -0.3 is 19.7 Å². The van der Waals surface area contributed by atoms with Crippen molar-refractivity contribution in [3.8, 4) is 0 Å². The van der Waals surface area contributed by atoms with Crippen molar-refractivity contribution >= 4 is 45.6 Å². The second-order valence-corrected chi connectivity index (χ2v) is 8.83. The summed E-state index contributed by atoms with van der Waals surface area (Å²) in [4.78, 5) is 29.2. The molecule has 0 amide bonds. The average molecular weight is 462 g/mol. The Hall–Kier alpha value is -2.49. The Morgan fingerprint density at radius 3 is 2.23 bits per heavy atom. The molecule has 1 aromatic heterocycles. The first kappa shape index (κ1) is 23.2. The molecule has 1 aliphatic heterocycles. The van der Waals surface area contributed by atoms with Crippen molar-refractivity contribution in [2.75, 3.05) is 45.7 Å². The number of nitrogens with one attached hydrogen (secondary N) is 1. The number of piperazine rings is 1. The predicted molar refractivity (Wildman–Crippen MR) is 126 cm³/mol. The van der Waals surface area contributed by atoms with E-state index in [1.54, 1.807) is 6.92 Å². The zero-order valence-electron chi connectivity index (χ0n) is 18.2. The van der Waals surface area contributed by atoms with Crippen molar-refractivity contribution < 1.29 is 19.1 Å². The smallest absolute Gasteiger partial charge is 0.348 e. The van der Waals surface area contributed by atoms with Gasteiger partial charge in [-0.1, -0.05) is 29.8 Å². The number of esters is 2. The molecular formula is C22H27N3O4S2. The maximum atomic E-state index is 12.3. The number of carbonyl (C=O) groups is 2. The van der Waals surface area contributed by atoms with E-state index in [0.717, 1.165) is 44.1 Å². The van der Waals surface area contributed by atoms with Crippen LogP contribution in [0.25, 0.3) is 0 Å². The highest BCUT2D eigenvalue weighted by atomic mass is 32.1. The summed E-state index contributed by atoms with van der Waals surface area (Å²) >= 11 is 6.75. The highest BCUT2D eigenvalue weighted by molar-refractivity contribution is 7.80. The maximum Gasteiger partial charge on any atom is 0.348 e. The normalized spacial score (nSPS) is 14.3. The van der Waals surface area contributed by atoms with Crippen molar-refractivity contribution in [3.05, 3.63) is 51.4 Å². The highest BCUT2D eigenvalue weighted by Gasteiger charge is 2.27. The largest absolute Gasteiger partial charge is 0.465 e. The number of anilines is 1. The molecular weight excluding hydrogens is 434 g/mol.